The number of rotatable bonds is 7. The lowest BCUT2D eigenvalue weighted by Gasteiger charge is -2.31. The zero-order valence-electron chi connectivity index (χ0n) is 16.5. The molecule has 0 aliphatic carbocycles. The van der Waals surface area contributed by atoms with E-state index in [0.29, 0.717) is 11.4 Å². The van der Waals surface area contributed by atoms with E-state index >= 15 is 0 Å². The minimum atomic E-state index is -3.93. The number of nitrogens with zero attached hydrogens (tertiary/aromatic N) is 2. The molecule has 2 aromatic rings. The quantitative estimate of drug-likeness (QED) is 0.680. The molecular formula is C19H24ClF2N3O4S. The van der Waals surface area contributed by atoms with Crippen molar-refractivity contribution in [3.8, 4) is 11.5 Å². The standard InChI is InChI=1S/C19H23F2N3O4S.ClH/c1-23(14-4-3-5-15(12-14)28-19(20)21)29(25,26)16-6-7-18(27-2)17(13-16)24-10-8-22-9-11-24;/h3-7,12-13,19,22H,8-11H2,1-2H3;1H. The predicted molar refractivity (Wildman–Crippen MR) is 114 cm³/mol. The van der Waals surface area contributed by atoms with Gasteiger partial charge in [-0.1, -0.05) is 6.07 Å². The molecule has 1 aliphatic rings. The minimum absolute atomic E-state index is 0. The molecule has 30 heavy (non-hydrogen) atoms. The van der Waals surface area contributed by atoms with Gasteiger partial charge in [-0.25, -0.2) is 8.42 Å². The summed E-state index contributed by atoms with van der Waals surface area (Å²) in [5.41, 5.74) is 0.904. The zero-order valence-corrected chi connectivity index (χ0v) is 18.2. The molecule has 0 spiro atoms. The molecule has 0 bridgehead atoms. The van der Waals surface area contributed by atoms with E-state index in [2.05, 4.69) is 15.0 Å². The lowest BCUT2D eigenvalue weighted by atomic mass is 10.2. The molecule has 11 heteroatoms. The molecule has 1 N–H and O–H groups in total. The van der Waals surface area contributed by atoms with Crippen molar-refractivity contribution in [1.82, 2.24) is 5.32 Å². The van der Waals surface area contributed by atoms with Crippen LogP contribution in [0.5, 0.6) is 11.5 Å². The molecule has 1 heterocycles. The fourth-order valence-corrected chi connectivity index (χ4v) is 4.34. The van der Waals surface area contributed by atoms with E-state index in [0.717, 1.165) is 30.5 Å². The van der Waals surface area contributed by atoms with Crippen molar-refractivity contribution >= 4 is 33.8 Å². The molecule has 0 radical (unpaired) electrons. The Hall–Kier alpha value is -2.30. The van der Waals surface area contributed by atoms with Crippen molar-refractivity contribution in [3.05, 3.63) is 42.5 Å². The van der Waals surface area contributed by atoms with Gasteiger partial charge in [0.25, 0.3) is 10.0 Å². The largest absolute Gasteiger partial charge is 0.495 e. The molecule has 2 aromatic carbocycles. The lowest BCUT2D eigenvalue weighted by Crippen LogP contribution is -2.43. The molecule has 166 valence electrons. The van der Waals surface area contributed by atoms with Crippen molar-refractivity contribution in [2.75, 3.05) is 49.5 Å². The van der Waals surface area contributed by atoms with Crippen LogP contribution in [-0.2, 0) is 10.0 Å². The second-order valence-electron chi connectivity index (χ2n) is 6.42. The highest BCUT2D eigenvalue weighted by molar-refractivity contribution is 7.92. The highest BCUT2D eigenvalue weighted by Crippen LogP contribution is 2.33. The van der Waals surface area contributed by atoms with Crippen molar-refractivity contribution in [3.63, 3.8) is 0 Å². The zero-order chi connectivity index (χ0) is 21.0. The van der Waals surface area contributed by atoms with Gasteiger partial charge < -0.3 is 19.7 Å². The summed E-state index contributed by atoms with van der Waals surface area (Å²) in [6, 6.07) is 10.2. The van der Waals surface area contributed by atoms with E-state index in [-0.39, 0.29) is 28.7 Å². The molecule has 1 fully saturated rings. The monoisotopic (exact) mass is 463 g/mol. The lowest BCUT2D eigenvalue weighted by molar-refractivity contribution is -0.0498. The fourth-order valence-electron chi connectivity index (χ4n) is 3.14. The van der Waals surface area contributed by atoms with Crippen LogP contribution in [0.15, 0.2) is 47.4 Å². The number of ether oxygens (including phenoxy) is 2. The van der Waals surface area contributed by atoms with Crippen LogP contribution in [0.4, 0.5) is 20.2 Å². The number of halogens is 3. The minimum Gasteiger partial charge on any atom is -0.495 e. The Kier molecular flexibility index (Phi) is 8.10. The molecule has 1 saturated heterocycles. The summed E-state index contributed by atoms with van der Waals surface area (Å²) in [6.45, 7) is 0.0367. The van der Waals surface area contributed by atoms with E-state index in [9.17, 15) is 17.2 Å². The van der Waals surface area contributed by atoms with Crippen LogP contribution in [0.2, 0.25) is 0 Å². The second-order valence-corrected chi connectivity index (χ2v) is 8.39. The van der Waals surface area contributed by atoms with Crippen molar-refractivity contribution in [2.45, 2.75) is 11.5 Å². The Morgan fingerprint density at radius 3 is 2.47 bits per heavy atom. The maximum absolute atomic E-state index is 13.2. The van der Waals surface area contributed by atoms with Crippen molar-refractivity contribution in [1.29, 1.82) is 0 Å². The molecular weight excluding hydrogens is 440 g/mol. The average Bonchev–Trinajstić information content (AvgIpc) is 2.73. The fraction of sp³-hybridized carbons (Fsp3) is 0.368. The first kappa shape index (κ1) is 24.0. The summed E-state index contributed by atoms with van der Waals surface area (Å²) >= 11 is 0. The van der Waals surface area contributed by atoms with Crippen LogP contribution >= 0.6 is 12.4 Å². The van der Waals surface area contributed by atoms with Crippen LogP contribution in [0.3, 0.4) is 0 Å². The topological polar surface area (TPSA) is 71.1 Å². The normalized spacial score (nSPS) is 14.2. The highest BCUT2D eigenvalue weighted by Gasteiger charge is 2.25. The Morgan fingerprint density at radius 2 is 1.83 bits per heavy atom. The van der Waals surface area contributed by atoms with Crippen LogP contribution in [-0.4, -0.2) is 55.4 Å². The second kappa shape index (κ2) is 10.1. The SMILES string of the molecule is COc1ccc(S(=O)(=O)N(C)c2cccc(OC(F)F)c2)cc1N1CCNCC1.Cl. The van der Waals surface area contributed by atoms with Gasteiger partial charge >= 0.3 is 6.61 Å². The Labute approximate surface area is 181 Å². The number of nitrogens with one attached hydrogen (secondary N) is 1. The number of benzene rings is 2. The first-order chi connectivity index (χ1) is 13.8. The van der Waals surface area contributed by atoms with E-state index in [4.69, 9.17) is 4.74 Å². The highest BCUT2D eigenvalue weighted by atomic mass is 35.5. The Morgan fingerprint density at radius 1 is 1.13 bits per heavy atom. The number of methoxy groups -OCH3 is 1. The van der Waals surface area contributed by atoms with E-state index in [1.54, 1.807) is 12.1 Å². The van der Waals surface area contributed by atoms with Gasteiger partial charge in [0, 0.05) is 39.3 Å². The first-order valence-corrected chi connectivity index (χ1v) is 10.4. The van der Waals surface area contributed by atoms with Gasteiger partial charge in [-0.15, -0.1) is 12.4 Å². The molecule has 0 amide bonds. The summed E-state index contributed by atoms with van der Waals surface area (Å²) in [4.78, 5) is 2.14. The number of hydrogen-bond acceptors (Lipinski definition) is 6. The summed E-state index contributed by atoms with van der Waals surface area (Å²) in [7, 11) is -1.03. The summed E-state index contributed by atoms with van der Waals surface area (Å²) in [5, 5.41) is 3.25. The summed E-state index contributed by atoms with van der Waals surface area (Å²) in [6.07, 6.45) is 0. The van der Waals surface area contributed by atoms with Gasteiger partial charge in [-0.3, -0.25) is 4.31 Å². The smallest absolute Gasteiger partial charge is 0.387 e. The number of sulfonamides is 1. The van der Waals surface area contributed by atoms with Crippen molar-refractivity contribution < 1.29 is 26.7 Å². The summed E-state index contributed by atoms with van der Waals surface area (Å²) in [5.74, 6) is 0.469. The van der Waals surface area contributed by atoms with Crippen LogP contribution in [0, 0.1) is 0 Å². The van der Waals surface area contributed by atoms with Gasteiger partial charge in [0.15, 0.2) is 0 Å². The molecule has 0 atom stereocenters. The van der Waals surface area contributed by atoms with Crippen LogP contribution < -0.4 is 24.0 Å². The van der Waals surface area contributed by atoms with Gasteiger partial charge in [0.1, 0.15) is 11.5 Å². The third-order valence-electron chi connectivity index (χ3n) is 4.67. The molecule has 3 rings (SSSR count). The van der Waals surface area contributed by atoms with Gasteiger partial charge in [-0.05, 0) is 30.3 Å². The Bertz CT molecular complexity index is 957. The molecule has 1 aliphatic heterocycles. The number of hydrogen-bond donors (Lipinski definition) is 1. The third kappa shape index (κ3) is 5.24. The van der Waals surface area contributed by atoms with E-state index in [1.165, 1.54) is 44.5 Å². The maximum atomic E-state index is 13.2. The van der Waals surface area contributed by atoms with Gasteiger partial charge in [0.05, 0.1) is 23.4 Å². The number of anilines is 2. The number of alkyl halides is 2. The van der Waals surface area contributed by atoms with E-state index < -0.39 is 16.6 Å². The van der Waals surface area contributed by atoms with Crippen molar-refractivity contribution in [2.24, 2.45) is 0 Å². The summed E-state index contributed by atoms with van der Waals surface area (Å²) < 4.78 is 62.1. The van der Waals surface area contributed by atoms with E-state index in [1.807, 2.05) is 0 Å². The predicted octanol–water partition coefficient (Wildman–Crippen LogP) is 2.95. The molecule has 7 nitrogen and oxygen atoms in total. The molecule has 0 saturated carbocycles. The number of piperazine rings is 1. The maximum Gasteiger partial charge on any atom is 0.387 e. The average molecular weight is 464 g/mol. The molecule has 0 aromatic heterocycles. The van der Waals surface area contributed by atoms with Crippen LogP contribution in [0.25, 0.3) is 0 Å². The first-order valence-electron chi connectivity index (χ1n) is 9.00. The van der Waals surface area contributed by atoms with Gasteiger partial charge in [0.2, 0.25) is 0 Å². The van der Waals surface area contributed by atoms with Crippen LogP contribution in [0.1, 0.15) is 0 Å². The Balaban J connectivity index is 0.00000320. The van der Waals surface area contributed by atoms with Gasteiger partial charge in [-0.2, -0.15) is 8.78 Å². The molecule has 0 unspecified atom stereocenters. The third-order valence-corrected chi connectivity index (χ3v) is 6.45.